The van der Waals surface area contributed by atoms with Gasteiger partial charge in [-0.1, -0.05) is 42.5 Å². The van der Waals surface area contributed by atoms with Crippen molar-refractivity contribution in [2.75, 3.05) is 20.3 Å². The molecule has 6 nitrogen and oxygen atoms in total. The molecule has 1 fully saturated rings. The average Bonchev–Trinajstić information content (AvgIpc) is 3.13. The molecular formula is C22H31NO5. The van der Waals surface area contributed by atoms with E-state index < -0.39 is 17.0 Å². The van der Waals surface area contributed by atoms with Gasteiger partial charge in [-0.2, -0.15) is 0 Å². The normalized spacial score (nSPS) is 30.4. The first-order valence-electron chi connectivity index (χ1n) is 9.85. The maximum absolute atomic E-state index is 13.0. The third-order valence-electron chi connectivity index (χ3n) is 5.86. The van der Waals surface area contributed by atoms with Crippen LogP contribution in [0, 0.1) is 5.41 Å². The molecule has 4 atom stereocenters. The molecule has 1 aromatic carbocycles. The third-order valence-corrected chi connectivity index (χ3v) is 5.86. The van der Waals surface area contributed by atoms with Gasteiger partial charge in [0, 0.05) is 25.8 Å². The Morgan fingerprint density at radius 3 is 2.79 bits per heavy atom. The molecule has 0 radical (unpaired) electrons. The van der Waals surface area contributed by atoms with E-state index in [-0.39, 0.29) is 24.8 Å². The van der Waals surface area contributed by atoms with Crippen molar-refractivity contribution < 1.29 is 24.1 Å². The molecule has 0 amide bonds. The fourth-order valence-corrected chi connectivity index (χ4v) is 3.99. The van der Waals surface area contributed by atoms with Gasteiger partial charge >= 0.3 is 5.97 Å². The summed E-state index contributed by atoms with van der Waals surface area (Å²) in [5, 5.41) is 14.4. The third kappa shape index (κ3) is 4.46. The molecule has 1 saturated heterocycles. The minimum Gasteiger partial charge on any atom is -0.460 e. The summed E-state index contributed by atoms with van der Waals surface area (Å²) in [7, 11) is 1.68. The number of methoxy groups -OCH3 is 1. The van der Waals surface area contributed by atoms with Gasteiger partial charge in [-0.25, -0.2) is 0 Å². The number of aliphatic hydroxyl groups is 1. The van der Waals surface area contributed by atoms with Crippen LogP contribution in [0.3, 0.4) is 0 Å². The van der Waals surface area contributed by atoms with Crippen molar-refractivity contribution in [1.29, 1.82) is 0 Å². The molecule has 0 saturated carbocycles. The van der Waals surface area contributed by atoms with E-state index in [9.17, 15) is 9.90 Å². The van der Waals surface area contributed by atoms with Crippen molar-refractivity contribution in [3.05, 3.63) is 48.0 Å². The summed E-state index contributed by atoms with van der Waals surface area (Å²) in [6.45, 7) is 4.75. The smallest absolute Gasteiger partial charge is 0.319 e. The van der Waals surface area contributed by atoms with Crippen LogP contribution < -0.4 is 5.32 Å². The largest absolute Gasteiger partial charge is 0.460 e. The summed E-state index contributed by atoms with van der Waals surface area (Å²) in [6.07, 6.45) is 5.03. The van der Waals surface area contributed by atoms with Crippen LogP contribution in [0.25, 0.3) is 0 Å². The molecule has 0 bridgehead atoms. The predicted molar refractivity (Wildman–Crippen MR) is 106 cm³/mol. The molecule has 0 aromatic heterocycles. The van der Waals surface area contributed by atoms with E-state index in [1.165, 1.54) is 0 Å². The number of carbonyl (C=O) groups is 1. The molecule has 0 unspecified atom stereocenters. The monoisotopic (exact) mass is 389 g/mol. The van der Waals surface area contributed by atoms with Crippen LogP contribution in [-0.2, 0) is 25.6 Å². The van der Waals surface area contributed by atoms with Crippen LogP contribution in [0.4, 0.5) is 0 Å². The lowest BCUT2D eigenvalue weighted by Gasteiger charge is -2.38. The van der Waals surface area contributed by atoms with Gasteiger partial charge in [0.2, 0.25) is 0 Å². The number of hydrogen-bond acceptors (Lipinski definition) is 6. The molecule has 2 aliphatic rings. The van der Waals surface area contributed by atoms with Gasteiger partial charge in [-0.15, -0.1) is 0 Å². The van der Waals surface area contributed by atoms with E-state index in [1.807, 2.05) is 36.4 Å². The van der Waals surface area contributed by atoms with Crippen LogP contribution in [0.2, 0.25) is 0 Å². The molecule has 1 aromatic rings. The van der Waals surface area contributed by atoms with Crippen LogP contribution in [0.15, 0.2) is 42.5 Å². The van der Waals surface area contributed by atoms with Gasteiger partial charge in [-0.05, 0) is 32.3 Å². The lowest BCUT2D eigenvalue weighted by atomic mass is 9.72. The standard InChI is InChI=1S/C22H31NO5/c1-21(2,25)22(20(24)28-14-16-7-5-4-6-8-16)11-9-17(13-22)23-18-10-12-27-15-19(18)26-3/h4-9,11,17-19,23,25H,10,12-15H2,1-3H3/t17-,18+,19-,22-/m1/s1. The van der Waals surface area contributed by atoms with Gasteiger partial charge in [0.05, 0.1) is 18.3 Å². The van der Waals surface area contributed by atoms with E-state index in [0.717, 1.165) is 12.0 Å². The van der Waals surface area contributed by atoms with Crippen molar-refractivity contribution in [2.45, 2.75) is 57.1 Å². The van der Waals surface area contributed by atoms with Crippen molar-refractivity contribution >= 4 is 5.97 Å². The predicted octanol–water partition coefficient (Wildman–Crippen LogP) is 2.21. The lowest BCUT2D eigenvalue weighted by molar-refractivity contribution is -0.167. The fourth-order valence-electron chi connectivity index (χ4n) is 3.99. The highest BCUT2D eigenvalue weighted by molar-refractivity contribution is 5.81. The Bertz CT molecular complexity index is 684. The second kappa shape index (κ2) is 8.74. The van der Waals surface area contributed by atoms with Crippen LogP contribution in [0.5, 0.6) is 0 Å². The SMILES string of the molecule is CO[C@@H]1COCC[C@@H]1N[C@@H]1C=C[C@@](C(=O)OCc2ccccc2)(C(C)(C)O)C1. The van der Waals surface area contributed by atoms with Crippen molar-refractivity contribution in [1.82, 2.24) is 5.32 Å². The molecular weight excluding hydrogens is 358 g/mol. The Labute approximate surface area is 166 Å². The molecule has 154 valence electrons. The summed E-state index contributed by atoms with van der Waals surface area (Å²) in [4.78, 5) is 13.0. The molecule has 28 heavy (non-hydrogen) atoms. The highest BCUT2D eigenvalue weighted by atomic mass is 16.5. The van der Waals surface area contributed by atoms with Crippen LogP contribution in [-0.4, -0.2) is 55.2 Å². The molecule has 0 spiro atoms. The Hall–Kier alpha value is -1.73. The topological polar surface area (TPSA) is 77.0 Å². The number of carbonyl (C=O) groups excluding carboxylic acids is 1. The maximum Gasteiger partial charge on any atom is 0.319 e. The van der Waals surface area contributed by atoms with E-state index in [4.69, 9.17) is 14.2 Å². The number of benzene rings is 1. The zero-order valence-electron chi connectivity index (χ0n) is 16.9. The number of rotatable bonds is 7. The van der Waals surface area contributed by atoms with Gasteiger partial charge in [0.1, 0.15) is 12.0 Å². The second-order valence-electron chi connectivity index (χ2n) is 8.17. The average molecular weight is 389 g/mol. The van der Waals surface area contributed by atoms with E-state index in [2.05, 4.69) is 5.32 Å². The number of ether oxygens (including phenoxy) is 3. The number of esters is 1. The Morgan fingerprint density at radius 1 is 1.36 bits per heavy atom. The fraction of sp³-hybridized carbons (Fsp3) is 0.591. The minimum absolute atomic E-state index is 0.0238. The second-order valence-corrected chi connectivity index (χ2v) is 8.17. The zero-order valence-corrected chi connectivity index (χ0v) is 16.9. The minimum atomic E-state index is -1.25. The summed E-state index contributed by atoms with van der Waals surface area (Å²) >= 11 is 0. The van der Waals surface area contributed by atoms with Gasteiger partial charge in [0.15, 0.2) is 0 Å². The molecule has 3 rings (SSSR count). The van der Waals surface area contributed by atoms with Crippen molar-refractivity contribution in [2.24, 2.45) is 5.41 Å². The highest BCUT2D eigenvalue weighted by Gasteiger charge is 2.53. The first-order chi connectivity index (χ1) is 13.4. The van der Waals surface area contributed by atoms with Crippen LogP contribution in [0.1, 0.15) is 32.3 Å². The Morgan fingerprint density at radius 2 is 2.11 bits per heavy atom. The van der Waals surface area contributed by atoms with Crippen molar-refractivity contribution in [3.8, 4) is 0 Å². The quantitative estimate of drug-likeness (QED) is 0.550. The Balaban J connectivity index is 1.67. The molecule has 1 aliphatic carbocycles. The summed E-state index contributed by atoms with van der Waals surface area (Å²) < 4.78 is 16.6. The first-order valence-corrected chi connectivity index (χ1v) is 9.85. The van der Waals surface area contributed by atoms with Crippen LogP contribution >= 0.6 is 0 Å². The summed E-state index contributed by atoms with van der Waals surface area (Å²) in [6, 6.07) is 9.66. The van der Waals surface area contributed by atoms with Gasteiger partial charge < -0.3 is 24.6 Å². The van der Waals surface area contributed by atoms with Gasteiger partial charge in [-0.3, -0.25) is 4.79 Å². The molecule has 2 N–H and O–H groups in total. The maximum atomic E-state index is 13.0. The molecule has 6 heteroatoms. The Kier molecular flexibility index (Phi) is 6.55. The van der Waals surface area contributed by atoms with E-state index >= 15 is 0 Å². The highest BCUT2D eigenvalue weighted by Crippen LogP contribution is 2.43. The van der Waals surface area contributed by atoms with E-state index in [0.29, 0.717) is 19.6 Å². The summed E-state index contributed by atoms with van der Waals surface area (Å²) in [5.41, 5.74) is -1.42. The summed E-state index contributed by atoms with van der Waals surface area (Å²) in [5.74, 6) is -0.403. The van der Waals surface area contributed by atoms with E-state index in [1.54, 1.807) is 27.0 Å². The number of nitrogens with one attached hydrogen (secondary N) is 1. The zero-order chi connectivity index (χ0) is 20.2. The molecule has 1 aliphatic heterocycles. The number of hydrogen-bond donors (Lipinski definition) is 2. The first kappa shape index (κ1) is 21.0. The van der Waals surface area contributed by atoms with Gasteiger partial charge in [0.25, 0.3) is 0 Å². The van der Waals surface area contributed by atoms with Crippen molar-refractivity contribution in [3.63, 3.8) is 0 Å². The molecule has 1 heterocycles. The lowest BCUT2D eigenvalue weighted by Crippen LogP contribution is -2.53.